The summed E-state index contributed by atoms with van der Waals surface area (Å²) < 4.78 is 22.8. The predicted molar refractivity (Wildman–Crippen MR) is 175 cm³/mol. The van der Waals surface area contributed by atoms with Gasteiger partial charge >= 0.3 is 0 Å². The molecule has 2 spiro atoms. The van der Waals surface area contributed by atoms with Crippen LogP contribution in [0.15, 0.2) is 30.5 Å². The van der Waals surface area contributed by atoms with Crippen molar-refractivity contribution in [3.63, 3.8) is 0 Å². The molecule has 1 aromatic heterocycles. The fourth-order valence-electron chi connectivity index (χ4n) is 8.40. The number of carbonyl (C=O) groups is 4. The largest absolute Gasteiger partial charge is 0.380 e. The van der Waals surface area contributed by atoms with E-state index >= 15 is 4.39 Å². The molecule has 4 amide bonds. The van der Waals surface area contributed by atoms with Crippen LogP contribution in [-0.4, -0.2) is 76.7 Å². The van der Waals surface area contributed by atoms with Gasteiger partial charge in [-0.15, -0.1) is 0 Å². The van der Waals surface area contributed by atoms with Crippen LogP contribution >= 0.6 is 0 Å². The van der Waals surface area contributed by atoms with Crippen LogP contribution in [0.4, 0.5) is 10.1 Å². The van der Waals surface area contributed by atoms with Gasteiger partial charge in [0.2, 0.25) is 17.7 Å². The van der Waals surface area contributed by atoms with Gasteiger partial charge in [0.15, 0.2) is 0 Å². The molecule has 3 N–H and O–H groups in total. The Kier molecular flexibility index (Phi) is 8.58. The van der Waals surface area contributed by atoms with Crippen molar-refractivity contribution in [2.75, 3.05) is 31.6 Å². The molecule has 2 aromatic rings. The van der Waals surface area contributed by atoms with Gasteiger partial charge in [-0.05, 0) is 92.9 Å². The summed E-state index contributed by atoms with van der Waals surface area (Å²) in [5.41, 5.74) is 0.678. The van der Waals surface area contributed by atoms with E-state index in [0.717, 1.165) is 64.6 Å². The standard InChI is InChI=1S/C36H47FN6O5/c1-3-28(44)40-30(33(47)43-17-14-35(15-18-43)21-48-22-35)36(12-13-36)24-6-7-26(25(37)19-24)39-32(46)29(23-5-4-9-34(20-23)10-11-34)41-31(45)27-8-16-38-42(27)2/h6-8,16,19,23,29-30H,3-5,9-15,17-18,20-22H2,1-2H3,(H,39,46)(H,40,44)(H,41,45)/t23-,29-,30-/m0/s1. The first-order valence-electron chi connectivity index (χ1n) is 17.6. The molecular weight excluding hydrogens is 615 g/mol. The molecule has 11 nitrogen and oxygen atoms in total. The fraction of sp³-hybridized carbons (Fsp3) is 0.639. The molecule has 3 atom stereocenters. The number of benzene rings is 1. The van der Waals surface area contributed by atoms with Gasteiger partial charge in [0, 0.05) is 43.6 Å². The molecule has 7 rings (SSSR count). The molecule has 3 saturated carbocycles. The van der Waals surface area contributed by atoms with Gasteiger partial charge < -0.3 is 25.6 Å². The Morgan fingerprint density at radius 2 is 1.75 bits per heavy atom. The summed E-state index contributed by atoms with van der Waals surface area (Å²) in [4.78, 5) is 55.6. The van der Waals surface area contributed by atoms with Crippen molar-refractivity contribution in [1.29, 1.82) is 0 Å². The van der Waals surface area contributed by atoms with E-state index in [0.29, 0.717) is 37.2 Å². The first-order valence-corrected chi connectivity index (χ1v) is 17.6. The zero-order valence-electron chi connectivity index (χ0n) is 28.0. The summed E-state index contributed by atoms with van der Waals surface area (Å²) in [7, 11) is 1.67. The van der Waals surface area contributed by atoms with Crippen molar-refractivity contribution in [2.24, 2.45) is 23.8 Å². The van der Waals surface area contributed by atoms with Gasteiger partial charge in [0.1, 0.15) is 23.6 Å². The highest BCUT2D eigenvalue weighted by Gasteiger charge is 2.56. The van der Waals surface area contributed by atoms with E-state index in [1.807, 2.05) is 4.90 Å². The van der Waals surface area contributed by atoms with Gasteiger partial charge in [-0.3, -0.25) is 23.9 Å². The molecule has 1 aromatic carbocycles. The maximum Gasteiger partial charge on any atom is 0.270 e. The average Bonchev–Trinajstić information content (AvgIpc) is 3.99. The number of rotatable bonds is 10. The lowest BCUT2D eigenvalue weighted by molar-refractivity contribution is -0.155. The predicted octanol–water partition coefficient (Wildman–Crippen LogP) is 3.83. The molecule has 0 radical (unpaired) electrons. The average molecular weight is 663 g/mol. The minimum atomic E-state index is -0.833. The number of nitrogens with zero attached hydrogens (tertiary/aromatic N) is 3. The molecule has 0 unspecified atom stereocenters. The zero-order valence-corrected chi connectivity index (χ0v) is 28.0. The summed E-state index contributed by atoms with van der Waals surface area (Å²) in [6, 6.07) is 4.65. The first-order chi connectivity index (χ1) is 23.1. The van der Waals surface area contributed by atoms with E-state index in [4.69, 9.17) is 4.74 Å². The van der Waals surface area contributed by atoms with E-state index in [2.05, 4.69) is 21.0 Å². The lowest BCUT2D eigenvalue weighted by atomic mass is 9.75. The lowest BCUT2D eigenvalue weighted by Crippen LogP contribution is -2.58. The smallest absolute Gasteiger partial charge is 0.270 e. The van der Waals surface area contributed by atoms with Crippen LogP contribution in [0.2, 0.25) is 0 Å². The SMILES string of the molecule is CCC(=O)N[C@@H](C(=O)N1CCC2(CC1)COC2)C1(c2ccc(NC(=O)[C@@H](NC(=O)c3ccnn3C)[C@H]3CCCC4(CC4)C3)c(F)c2)CC1. The van der Waals surface area contributed by atoms with Crippen molar-refractivity contribution >= 4 is 29.3 Å². The maximum atomic E-state index is 15.9. The highest BCUT2D eigenvalue weighted by atomic mass is 19.1. The summed E-state index contributed by atoms with van der Waals surface area (Å²) in [5.74, 6) is -1.89. The number of hydrogen-bond donors (Lipinski definition) is 3. The molecule has 2 aliphatic heterocycles. The topological polar surface area (TPSA) is 135 Å². The van der Waals surface area contributed by atoms with Crippen LogP contribution in [0.1, 0.15) is 93.6 Å². The van der Waals surface area contributed by atoms with Crippen LogP contribution in [0.25, 0.3) is 0 Å². The van der Waals surface area contributed by atoms with E-state index in [-0.39, 0.29) is 40.7 Å². The highest BCUT2D eigenvalue weighted by Crippen LogP contribution is 2.58. The quantitative estimate of drug-likeness (QED) is 0.354. The van der Waals surface area contributed by atoms with E-state index in [1.165, 1.54) is 23.0 Å². The number of anilines is 1. The van der Waals surface area contributed by atoms with Gasteiger partial charge in [-0.1, -0.05) is 19.4 Å². The molecule has 48 heavy (non-hydrogen) atoms. The van der Waals surface area contributed by atoms with Crippen LogP contribution in [0, 0.1) is 22.6 Å². The second kappa shape index (κ2) is 12.6. The third-order valence-electron chi connectivity index (χ3n) is 12.0. The Labute approximate surface area is 280 Å². The first kappa shape index (κ1) is 32.7. The van der Waals surface area contributed by atoms with Gasteiger partial charge in [-0.25, -0.2) is 4.39 Å². The molecule has 0 bridgehead atoms. The van der Waals surface area contributed by atoms with Crippen LogP contribution in [0.5, 0.6) is 0 Å². The zero-order chi connectivity index (χ0) is 33.7. The van der Waals surface area contributed by atoms with E-state index in [1.54, 1.807) is 26.1 Å². The number of ether oxygens (including phenoxy) is 1. The molecule has 2 saturated heterocycles. The number of amides is 4. The molecule has 258 valence electrons. The van der Waals surface area contributed by atoms with Crippen LogP contribution < -0.4 is 16.0 Å². The van der Waals surface area contributed by atoms with E-state index < -0.39 is 35.1 Å². The monoisotopic (exact) mass is 662 g/mol. The summed E-state index contributed by atoms with van der Waals surface area (Å²) in [6.07, 6.45) is 10.8. The van der Waals surface area contributed by atoms with E-state index in [9.17, 15) is 19.2 Å². The minimum Gasteiger partial charge on any atom is -0.380 e. The molecule has 3 aliphatic carbocycles. The van der Waals surface area contributed by atoms with Crippen molar-refractivity contribution in [1.82, 2.24) is 25.3 Å². The number of hydrogen-bond acceptors (Lipinski definition) is 6. The molecule has 12 heteroatoms. The van der Waals surface area contributed by atoms with Gasteiger partial charge in [-0.2, -0.15) is 5.10 Å². The molecular formula is C36H47FN6O5. The summed E-state index contributed by atoms with van der Waals surface area (Å²) in [6.45, 7) is 4.43. The van der Waals surface area contributed by atoms with Crippen molar-refractivity contribution in [3.05, 3.63) is 47.5 Å². The normalized spacial score (nSPS) is 24.2. The lowest BCUT2D eigenvalue weighted by Gasteiger charge is -2.48. The van der Waals surface area contributed by atoms with Crippen molar-refractivity contribution in [3.8, 4) is 0 Å². The number of aryl methyl sites for hydroxylation is 1. The fourth-order valence-corrected chi connectivity index (χ4v) is 8.40. The molecule has 5 fully saturated rings. The molecule has 5 aliphatic rings. The third-order valence-corrected chi connectivity index (χ3v) is 12.0. The third kappa shape index (κ3) is 6.23. The summed E-state index contributed by atoms with van der Waals surface area (Å²) >= 11 is 0. The summed E-state index contributed by atoms with van der Waals surface area (Å²) in [5, 5.41) is 12.8. The Morgan fingerprint density at radius 1 is 1.00 bits per heavy atom. The number of halogens is 1. The number of nitrogens with one attached hydrogen (secondary N) is 3. The van der Waals surface area contributed by atoms with Gasteiger partial charge in [0.05, 0.1) is 18.9 Å². The molecule has 3 heterocycles. The number of aromatic nitrogens is 2. The second-order valence-corrected chi connectivity index (χ2v) is 15.2. The van der Waals surface area contributed by atoms with Crippen LogP contribution in [-0.2, 0) is 31.6 Å². The highest BCUT2D eigenvalue weighted by molar-refractivity contribution is 6.00. The minimum absolute atomic E-state index is 0.0146. The Balaban J connectivity index is 1.09. The van der Waals surface area contributed by atoms with Crippen molar-refractivity contribution in [2.45, 2.75) is 95.1 Å². The number of carbonyl (C=O) groups excluding carboxylic acids is 4. The van der Waals surface area contributed by atoms with Crippen LogP contribution in [0.3, 0.4) is 0 Å². The maximum absolute atomic E-state index is 15.9. The number of likely N-dealkylation sites (tertiary alicyclic amines) is 1. The Morgan fingerprint density at radius 3 is 2.33 bits per heavy atom. The number of piperidine rings is 1. The Hall–Kier alpha value is -3.80. The van der Waals surface area contributed by atoms with Crippen molar-refractivity contribution < 1.29 is 28.3 Å². The Bertz CT molecular complexity index is 1580. The van der Waals surface area contributed by atoms with Gasteiger partial charge in [0.25, 0.3) is 5.91 Å². The second-order valence-electron chi connectivity index (χ2n) is 15.2.